The number of para-hydroxylation sites is 1. The molecule has 5 aromatic carbocycles. The van der Waals surface area contributed by atoms with Crippen molar-refractivity contribution in [1.82, 2.24) is 0 Å². The van der Waals surface area contributed by atoms with Gasteiger partial charge in [-0.15, -0.1) is 11.3 Å². The van der Waals surface area contributed by atoms with Gasteiger partial charge in [0.25, 0.3) is 0 Å². The summed E-state index contributed by atoms with van der Waals surface area (Å²) in [4.78, 5) is 2.42. The van der Waals surface area contributed by atoms with Gasteiger partial charge in [-0.1, -0.05) is 96.5 Å². The van der Waals surface area contributed by atoms with E-state index in [1.165, 1.54) is 53.8 Å². The first-order chi connectivity index (χ1) is 17.5. The van der Waals surface area contributed by atoms with Gasteiger partial charge in [0.15, 0.2) is 0 Å². The third-order valence-electron chi connectivity index (χ3n) is 7.52. The van der Waals surface area contributed by atoms with Crippen LogP contribution in [0.1, 0.15) is 25.0 Å². The van der Waals surface area contributed by atoms with E-state index in [4.69, 9.17) is 0 Å². The van der Waals surface area contributed by atoms with Gasteiger partial charge in [0.05, 0.1) is 10.4 Å². The molecule has 0 saturated heterocycles. The van der Waals surface area contributed by atoms with Crippen molar-refractivity contribution >= 4 is 64.5 Å². The number of hydrogen-bond acceptors (Lipinski definition) is 2. The van der Waals surface area contributed by atoms with Gasteiger partial charge >= 0.3 is 0 Å². The minimum absolute atomic E-state index is 0.000903. The molecule has 0 atom stereocenters. The minimum Gasteiger partial charge on any atom is -0.309 e. The summed E-state index contributed by atoms with van der Waals surface area (Å²) in [5, 5.41) is 2.60. The molecule has 0 bridgehead atoms. The van der Waals surface area contributed by atoms with Crippen molar-refractivity contribution in [3.8, 4) is 11.1 Å². The maximum atomic E-state index is 3.66. The standard InChI is InChI=1S/C33H24BrNS/c1-33(2)28-13-7-6-11-24(28)27-20-23(16-18-29(27)33)35(22-9-4-3-5-10-22)30-14-8-12-26-25-17-15-21(34)19-31(25)36-32(26)30/h3-20H,1-2H3. The lowest BCUT2D eigenvalue weighted by Gasteiger charge is -2.27. The fraction of sp³-hybridized carbons (Fsp3) is 0.0909. The molecule has 3 heteroatoms. The van der Waals surface area contributed by atoms with Crippen LogP contribution in [0.5, 0.6) is 0 Å². The van der Waals surface area contributed by atoms with E-state index in [9.17, 15) is 0 Å². The van der Waals surface area contributed by atoms with Crippen molar-refractivity contribution in [2.24, 2.45) is 0 Å². The molecule has 1 aliphatic rings. The normalized spacial score (nSPS) is 13.6. The Hall–Kier alpha value is -3.40. The molecule has 1 nitrogen and oxygen atoms in total. The molecule has 6 aromatic rings. The predicted molar refractivity (Wildman–Crippen MR) is 159 cm³/mol. The van der Waals surface area contributed by atoms with Crippen molar-refractivity contribution in [1.29, 1.82) is 0 Å². The van der Waals surface area contributed by atoms with Gasteiger partial charge in [0.1, 0.15) is 0 Å². The minimum atomic E-state index is 0.000903. The number of thiophene rings is 1. The van der Waals surface area contributed by atoms with E-state index in [0.29, 0.717) is 0 Å². The molecular formula is C33H24BrNS. The summed E-state index contributed by atoms with van der Waals surface area (Å²) in [6, 6.07) is 39.9. The van der Waals surface area contributed by atoms with Crippen molar-refractivity contribution in [2.75, 3.05) is 4.90 Å². The van der Waals surface area contributed by atoms with Gasteiger partial charge in [0.2, 0.25) is 0 Å². The highest BCUT2D eigenvalue weighted by Crippen LogP contribution is 2.51. The van der Waals surface area contributed by atoms with Gasteiger partial charge in [-0.3, -0.25) is 0 Å². The third kappa shape index (κ3) is 3.20. The van der Waals surface area contributed by atoms with Crippen LogP contribution in [0.4, 0.5) is 17.1 Å². The summed E-state index contributed by atoms with van der Waals surface area (Å²) in [5.41, 5.74) is 9.03. The van der Waals surface area contributed by atoms with E-state index in [2.05, 4.69) is 144 Å². The lowest BCUT2D eigenvalue weighted by Crippen LogP contribution is -2.15. The van der Waals surface area contributed by atoms with Gasteiger partial charge < -0.3 is 4.90 Å². The zero-order valence-electron chi connectivity index (χ0n) is 20.1. The molecule has 0 amide bonds. The number of halogens is 1. The Morgan fingerprint density at radius 2 is 1.42 bits per heavy atom. The van der Waals surface area contributed by atoms with E-state index in [-0.39, 0.29) is 5.41 Å². The van der Waals surface area contributed by atoms with Gasteiger partial charge in [-0.2, -0.15) is 0 Å². The molecule has 0 radical (unpaired) electrons. The molecule has 174 valence electrons. The highest BCUT2D eigenvalue weighted by molar-refractivity contribution is 9.10. The Labute approximate surface area is 223 Å². The maximum absolute atomic E-state index is 3.66. The van der Waals surface area contributed by atoms with Crippen LogP contribution in [-0.2, 0) is 5.41 Å². The lowest BCUT2D eigenvalue weighted by atomic mass is 9.82. The van der Waals surface area contributed by atoms with E-state index < -0.39 is 0 Å². The first-order valence-electron chi connectivity index (χ1n) is 12.2. The second-order valence-electron chi connectivity index (χ2n) is 9.97. The van der Waals surface area contributed by atoms with Crippen LogP contribution in [0, 0.1) is 0 Å². The summed E-state index contributed by atoms with van der Waals surface area (Å²) < 4.78 is 3.71. The van der Waals surface area contributed by atoms with Gasteiger partial charge in [-0.05, 0) is 64.7 Å². The first kappa shape index (κ1) is 21.8. The molecule has 0 unspecified atom stereocenters. The fourth-order valence-corrected chi connectivity index (χ4v) is 7.54. The smallest absolute Gasteiger partial charge is 0.0640 e. The van der Waals surface area contributed by atoms with Crippen LogP contribution in [0.2, 0.25) is 0 Å². The molecular weight excluding hydrogens is 522 g/mol. The quantitative estimate of drug-likeness (QED) is 0.213. The van der Waals surface area contributed by atoms with Crippen molar-refractivity contribution < 1.29 is 0 Å². The van der Waals surface area contributed by atoms with E-state index in [1.54, 1.807) is 0 Å². The van der Waals surface area contributed by atoms with Crippen LogP contribution in [0.3, 0.4) is 0 Å². The van der Waals surface area contributed by atoms with E-state index >= 15 is 0 Å². The largest absolute Gasteiger partial charge is 0.309 e. The van der Waals surface area contributed by atoms with Crippen LogP contribution >= 0.6 is 27.3 Å². The molecule has 1 aromatic heterocycles. The molecule has 0 spiro atoms. The predicted octanol–water partition coefficient (Wildman–Crippen LogP) is 10.6. The third-order valence-corrected chi connectivity index (χ3v) is 9.20. The Morgan fingerprint density at radius 3 is 2.28 bits per heavy atom. The first-order valence-corrected chi connectivity index (χ1v) is 13.8. The molecule has 0 N–H and O–H groups in total. The summed E-state index contributed by atoms with van der Waals surface area (Å²) in [5.74, 6) is 0. The average molecular weight is 547 g/mol. The summed E-state index contributed by atoms with van der Waals surface area (Å²) in [7, 11) is 0. The molecule has 1 heterocycles. The van der Waals surface area contributed by atoms with Crippen LogP contribution in [0.15, 0.2) is 114 Å². The molecule has 0 saturated carbocycles. The molecule has 7 rings (SSSR count). The Balaban J connectivity index is 1.50. The molecule has 0 fully saturated rings. The Kier molecular flexibility index (Phi) is 4.89. The SMILES string of the molecule is CC1(C)c2ccccc2-c2cc(N(c3ccccc3)c3cccc4c3sc3cc(Br)ccc34)ccc21. The zero-order valence-corrected chi connectivity index (χ0v) is 22.5. The zero-order chi connectivity index (χ0) is 24.4. The van der Waals surface area contributed by atoms with Crippen molar-refractivity contribution in [3.05, 3.63) is 125 Å². The number of benzene rings is 5. The second kappa shape index (κ2) is 8.06. The molecule has 0 aliphatic heterocycles. The summed E-state index contributed by atoms with van der Waals surface area (Å²) >= 11 is 5.52. The van der Waals surface area contributed by atoms with Crippen molar-refractivity contribution in [2.45, 2.75) is 19.3 Å². The van der Waals surface area contributed by atoms with Gasteiger partial charge in [0, 0.05) is 36.7 Å². The molecule has 1 aliphatic carbocycles. The van der Waals surface area contributed by atoms with Gasteiger partial charge in [-0.25, -0.2) is 0 Å². The van der Waals surface area contributed by atoms with Crippen LogP contribution in [0.25, 0.3) is 31.3 Å². The van der Waals surface area contributed by atoms with Crippen LogP contribution in [-0.4, -0.2) is 0 Å². The number of nitrogens with zero attached hydrogens (tertiary/aromatic N) is 1. The second-order valence-corrected chi connectivity index (χ2v) is 11.9. The molecule has 36 heavy (non-hydrogen) atoms. The summed E-state index contributed by atoms with van der Waals surface area (Å²) in [6.45, 7) is 4.67. The number of hydrogen-bond donors (Lipinski definition) is 0. The Bertz CT molecular complexity index is 1780. The van der Waals surface area contributed by atoms with E-state index in [0.717, 1.165) is 10.2 Å². The van der Waals surface area contributed by atoms with Crippen LogP contribution < -0.4 is 4.90 Å². The Morgan fingerprint density at radius 1 is 0.639 bits per heavy atom. The fourth-order valence-electron chi connectivity index (χ4n) is 5.78. The number of anilines is 3. The lowest BCUT2D eigenvalue weighted by molar-refractivity contribution is 0.660. The summed E-state index contributed by atoms with van der Waals surface area (Å²) in [6.07, 6.45) is 0. The average Bonchev–Trinajstić information content (AvgIpc) is 3.37. The highest BCUT2D eigenvalue weighted by Gasteiger charge is 2.35. The highest BCUT2D eigenvalue weighted by atomic mass is 79.9. The number of fused-ring (bicyclic) bond motifs is 6. The maximum Gasteiger partial charge on any atom is 0.0640 e. The van der Waals surface area contributed by atoms with E-state index in [1.807, 2.05) is 11.3 Å². The van der Waals surface area contributed by atoms with Crippen molar-refractivity contribution in [3.63, 3.8) is 0 Å². The topological polar surface area (TPSA) is 3.24 Å². The monoisotopic (exact) mass is 545 g/mol. The number of rotatable bonds is 3.